The highest BCUT2D eigenvalue weighted by Crippen LogP contribution is 2.43. The van der Waals surface area contributed by atoms with E-state index in [2.05, 4.69) is 25.7 Å². The molecule has 22 heavy (non-hydrogen) atoms. The topological polar surface area (TPSA) is 46.3 Å². The lowest BCUT2D eigenvalue weighted by molar-refractivity contribution is -0.139. The predicted octanol–water partition coefficient (Wildman–Crippen LogP) is 3.57. The molecule has 3 rings (SSSR count). The molecule has 0 aromatic rings. The number of nitrogens with zero attached hydrogens (tertiary/aromatic N) is 1. The number of carbonyl (C=O) groups excluding carboxylic acids is 1. The van der Waals surface area contributed by atoms with Crippen LogP contribution in [0.1, 0.15) is 72.1 Å². The lowest BCUT2D eigenvalue weighted by atomic mass is 9.65. The first kappa shape index (κ1) is 16.3. The molecule has 1 heterocycles. The lowest BCUT2D eigenvalue weighted by Gasteiger charge is -2.45. The van der Waals surface area contributed by atoms with E-state index in [9.17, 15) is 4.79 Å². The molecule has 0 aromatic heterocycles. The van der Waals surface area contributed by atoms with E-state index in [0.717, 1.165) is 25.8 Å². The van der Waals surface area contributed by atoms with Gasteiger partial charge >= 0.3 is 0 Å². The molecule has 2 N–H and O–H groups in total. The number of rotatable bonds is 2. The second-order valence-electron chi connectivity index (χ2n) is 9.29. The van der Waals surface area contributed by atoms with Gasteiger partial charge in [0.15, 0.2) is 0 Å². The van der Waals surface area contributed by atoms with Gasteiger partial charge in [-0.05, 0) is 62.2 Å². The van der Waals surface area contributed by atoms with E-state index in [4.69, 9.17) is 5.73 Å². The van der Waals surface area contributed by atoms with Crippen molar-refractivity contribution >= 4 is 5.91 Å². The van der Waals surface area contributed by atoms with Gasteiger partial charge in [0.05, 0.1) is 0 Å². The van der Waals surface area contributed by atoms with Crippen molar-refractivity contribution in [3.63, 3.8) is 0 Å². The van der Waals surface area contributed by atoms with Gasteiger partial charge < -0.3 is 10.6 Å². The molecule has 0 aromatic carbocycles. The van der Waals surface area contributed by atoms with Gasteiger partial charge in [-0.15, -0.1) is 0 Å². The minimum atomic E-state index is 0.260. The van der Waals surface area contributed by atoms with Crippen LogP contribution in [0.4, 0.5) is 0 Å². The molecule has 3 atom stereocenters. The van der Waals surface area contributed by atoms with Gasteiger partial charge in [0.25, 0.3) is 0 Å². The maximum absolute atomic E-state index is 13.1. The highest BCUT2D eigenvalue weighted by molar-refractivity contribution is 5.79. The molecule has 126 valence electrons. The van der Waals surface area contributed by atoms with Crippen LogP contribution in [-0.2, 0) is 4.79 Å². The molecule has 1 aliphatic heterocycles. The molecule has 2 bridgehead atoms. The van der Waals surface area contributed by atoms with Gasteiger partial charge in [0.2, 0.25) is 5.91 Å². The lowest BCUT2D eigenvalue weighted by Crippen LogP contribution is -2.50. The van der Waals surface area contributed by atoms with E-state index < -0.39 is 0 Å². The molecule has 3 heteroatoms. The molecule has 1 amide bonds. The van der Waals surface area contributed by atoms with Gasteiger partial charge in [0, 0.05) is 24.5 Å². The van der Waals surface area contributed by atoms with Gasteiger partial charge in [-0.2, -0.15) is 0 Å². The summed E-state index contributed by atoms with van der Waals surface area (Å²) in [6, 6.07) is 0.838. The summed E-state index contributed by atoms with van der Waals surface area (Å²) in [6.07, 6.45) is 9.43. The zero-order valence-corrected chi connectivity index (χ0v) is 14.7. The molecule has 3 unspecified atom stereocenters. The van der Waals surface area contributed by atoms with E-state index >= 15 is 0 Å². The molecule has 2 aliphatic carbocycles. The number of amides is 1. The molecular formula is C19H34N2O. The van der Waals surface area contributed by atoms with Gasteiger partial charge in [-0.3, -0.25) is 4.79 Å². The minimum Gasteiger partial charge on any atom is -0.339 e. The van der Waals surface area contributed by atoms with Crippen molar-refractivity contribution in [1.29, 1.82) is 0 Å². The number of hydrogen-bond acceptors (Lipinski definition) is 2. The van der Waals surface area contributed by atoms with Crippen molar-refractivity contribution in [3.05, 3.63) is 0 Å². The average molecular weight is 306 g/mol. The maximum Gasteiger partial charge on any atom is 0.225 e. The fourth-order valence-corrected chi connectivity index (χ4v) is 5.27. The summed E-state index contributed by atoms with van der Waals surface area (Å²) >= 11 is 0. The van der Waals surface area contributed by atoms with E-state index in [0.29, 0.717) is 35.2 Å². The third kappa shape index (κ3) is 3.34. The molecule has 3 fully saturated rings. The second kappa shape index (κ2) is 6.14. The van der Waals surface area contributed by atoms with Crippen LogP contribution in [0.2, 0.25) is 0 Å². The van der Waals surface area contributed by atoms with Crippen LogP contribution < -0.4 is 5.73 Å². The zero-order valence-electron chi connectivity index (χ0n) is 14.7. The Balaban J connectivity index is 1.66. The van der Waals surface area contributed by atoms with Crippen LogP contribution >= 0.6 is 0 Å². The van der Waals surface area contributed by atoms with E-state index in [1.165, 1.54) is 32.1 Å². The fourth-order valence-electron chi connectivity index (χ4n) is 5.27. The summed E-state index contributed by atoms with van der Waals surface area (Å²) in [6.45, 7) is 7.85. The molecule has 2 saturated carbocycles. The van der Waals surface area contributed by atoms with Crippen LogP contribution in [0.3, 0.4) is 0 Å². The Bertz CT molecular complexity index is 400. The number of hydrogen-bond donors (Lipinski definition) is 1. The molecule has 1 saturated heterocycles. The van der Waals surface area contributed by atoms with Crippen molar-refractivity contribution < 1.29 is 4.79 Å². The number of likely N-dealkylation sites (tertiary alicyclic amines) is 1. The van der Waals surface area contributed by atoms with Crippen molar-refractivity contribution in [3.8, 4) is 0 Å². The first-order valence-corrected chi connectivity index (χ1v) is 9.41. The Hall–Kier alpha value is -0.570. The quantitative estimate of drug-likeness (QED) is 0.848. The van der Waals surface area contributed by atoms with Crippen molar-refractivity contribution in [2.45, 2.75) is 84.2 Å². The Labute approximate surface area is 136 Å². The maximum atomic E-state index is 13.1. The summed E-state index contributed by atoms with van der Waals surface area (Å²) < 4.78 is 0. The first-order valence-electron chi connectivity index (χ1n) is 9.41. The summed E-state index contributed by atoms with van der Waals surface area (Å²) in [5.74, 6) is 1.92. The van der Waals surface area contributed by atoms with E-state index in [1.807, 2.05) is 0 Å². The molecule has 0 spiro atoms. The monoisotopic (exact) mass is 306 g/mol. The SMILES string of the molecule is CC(C)(C)CC1CCCN1C(=O)C1CC2CCCC(C1)C2N. The highest BCUT2D eigenvalue weighted by Gasteiger charge is 2.43. The largest absolute Gasteiger partial charge is 0.339 e. The normalized spacial score (nSPS) is 39.1. The predicted molar refractivity (Wildman–Crippen MR) is 90.3 cm³/mol. The van der Waals surface area contributed by atoms with Crippen molar-refractivity contribution in [2.75, 3.05) is 6.54 Å². The Morgan fingerprint density at radius 3 is 2.32 bits per heavy atom. The van der Waals surface area contributed by atoms with E-state index in [-0.39, 0.29) is 5.92 Å². The summed E-state index contributed by atoms with van der Waals surface area (Å²) in [4.78, 5) is 15.4. The van der Waals surface area contributed by atoms with Gasteiger partial charge in [0.1, 0.15) is 0 Å². The standard InChI is InChI=1S/C19H34N2O/c1-19(2,3)12-16-8-5-9-21(16)18(22)15-10-13-6-4-7-14(11-15)17(13)20/h13-17H,4-12,20H2,1-3H3. The van der Waals surface area contributed by atoms with Crippen molar-refractivity contribution in [1.82, 2.24) is 4.90 Å². The molecule has 3 aliphatic rings. The van der Waals surface area contributed by atoms with Gasteiger partial charge in [-0.25, -0.2) is 0 Å². The summed E-state index contributed by atoms with van der Waals surface area (Å²) in [5.41, 5.74) is 6.69. The smallest absolute Gasteiger partial charge is 0.225 e. The third-order valence-corrected chi connectivity index (χ3v) is 6.27. The van der Waals surface area contributed by atoms with Crippen LogP contribution in [0.5, 0.6) is 0 Å². The van der Waals surface area contributed by atoms with Crippen LogP contribution in [0.15, 0.2) is 0 Å². The van der Waals surface area contributed by atoms with Gasteiger partial charge in [-0.1, -0.05) is 27.2 Å². The molecular weight excluding hydrogens is 272 g/mol. The third-order valence-electron chi connectivity index (χ3n) is 6.27. The fraction of sp³-hybridized carbons (Fsp3) is 0.947. The Morgan fingerprint density at radius 1 is 1.09 bits per heavy atom. The van der Waals surface area contributed by atoms with Crippen molar-refractivity contribution in [2.24, 2.45) is 28.9 Å². The molecule has 3 nitrogen and oxygen atoms in total. The van der Waals surface area contributed by atoms with Crippen LogP contribution in [0, 0.1) is 23.2 Å². The molecule has 0 radical (unpaired) electrons. The Kier molecular flexibility index (Phi) is 4.55. The average Bonchev–Trinajstić information content (AvgIpc) is 2.83. The zero-order chi connectivity index (χ0) is 15.9. The minimum absolute atomic E-state index is 0.260. The van der Waals surface area contributed by atoms with Crippen LogP contribution in [0.25, 0.3) is 0 Å². The number of fused-ring (bicyclic) bond motifs is 2. The Morgan fingerprint density at radius 2 is 1.73 bits per heavy atom. The summed E-state index contributed by atoms with van der Waals surface area (Å²) in [5, 5.41) is 0. The van der Waals surface area contributed by atoms with Crippen LogP contribution in [-0.4, -0.2) is 29.4 Å². The number of carbonyl (C=O) groups is 1. The summed E-state index contributed by atoms with van der Waals surface area (Å²) in [7, 11) is 0. The highest BCUT2D eigenvalue weighted by atomic mass is 16.2. The second-order valence-corrected chi connectivity index (χ2v) is 9.29. The first-order chi connectivity index (χ1) is 10.3. The van der Waals surface area contributed by atoms with E-state index in [1.54, 1.807) is 0 Å². The number of nitrogens with two attached hydrogens (primary N) is 1.